The zero-order valence-corrected chi connectivity index (χ0v) is 10.5. The Morgan fingerprint density at radius 1 is 1.41 bits per heavy atom. The van der Waals surface area contributed by atoms with Crippen molar-refractivity contribution in [1.29, 1.82) is 0 Å². The summed E-state index contributed by atoms with van der Waals surface area (Å²) in [6.45, 7) is 5.00. The van der Waals surface area contributed by atoms with Gasteiger partial charge in [0.1, 0.15) is 6.04 Å². The molecule has 92 valence electrons. The van der Waals surface area contributed by atoms with Crippen molar-refractivity contribution < 1.29 is 4.79 Å². The first-order valence-corrected chi connectivity index (χ1v) is 6.37. The molecule has 1 aliphatic heterocycles. The zero-order valence-electron chi connectivity index (χ0n) is 10.5. The molecule has 3 heteroatoms. The maximum absolute atomic E-state index is 12.0. The molecule has 0 saturated heterocycles. The van der Waals surface area contributed by atoms with Crippen molar-refractivity contribution in [3.8, 4) is 0 Å². The van der Waals surface area contributed by atoms with Gasteiger partial charge in [0.25, 0.3) is 0 Å². The van der Waals surface area contributed by atoms with Crippen LogP contribution in [0.1, 0.15) is 38.2 Å². The Morgan fingerprint density at radius 2 is 2.18 bits per heavy atom. The molecule has 0 spiro atoms. The van der Waals surface area contributed by atoms with Gasteiger partial charge in [-0.2, -0.15) is 0 Å². The van der Waals surface area contributed by atoms with Crippen LogP contribution in [-0.2, 0) is 4.79 Å². The third-order valence-corrected chi connectivity index (χ3v) is 3.37. The number of anilines is 1. The average molecular weight is 232 g/mol. The summed E-state index contributed by atoms with van der Waals surface area (Å²) in [6, 6.07) is 8.02. The number of nitrogens with one attached hydrogen (secondary N) is 2. The number of unbranched alkanes of at least 4 members (excludes halogenated alkanes) is 1. The van der Waals surface area contributed by atoms with Crippen LogP contribution in [0, 0.1) is 0 Å². The smallest absolute Gasteiger partial charge is 0.243 e. The van der Waals surface area contributed by atoms with E-state index in [-0.39, 0.29) is 17.9 Å². The largest absolute Gasteiger partial charge is 0.373 e. The molecule has 1 aliphatic rings. The van der Waals surface area contributed by atoms with Crippen molar-refractivity contribution >= 4 is 11.6 Å². The Kier molecular flexibility index (Phi) is 3.67. The van der Waals surface area contributed by atoms with Gasteiger partial charge < -0.3 is 10.6 Å². The summed E-state index contributed by atoms with van der Waals surface area (Å²) in [5.41, 5.74) is 2.33. The third kappa shape index (κ3) is 2.43. The number of rotatable bonds is 4. The van der Waals surface area contributed by atoms with Crippen LogP contribution in [0.5, 0.6) is 0 Å². The molecule has 2 atom stereocenters. The Hall–Kier alpha value is -1.51. The van der Waals surface area contributed by atoms with E-state index in [9.17, 15) is 4.79 Å². The number of amides is 1. The SMILES string of the molecule is CCCCNC(=O)[C@@H]1Nc2ccccc2[C@H]1C. The lowest BCUT2D eigenvalue weighted by molar-refractivity contribution is -0.122. The summed E-state index contributed by atoms with van der Waals surface area (Å²) in [7, 11) is 0. The van der Waals surface area contributed by atoms with Gasteiger partial charge in [0, 0.05) is 18.2 Å². The third-order valence-electron chi connectivity index (χ3n) is 3.37. The minimum atomic E-state index is -0.121. The summed E-state index contributed by atoms with van der Waals surface area (Å²) < 4.78 is 0. The predicted octanol–water partition coefficient (Wildman–Crippen LogP) is 2.50. The first kappa shape index (κ1) is 12.0. The molecule has 3 nitrogen and oxygen atoms in total. The van der Waals surface area contributed by atoms with Crippen LogP contribution in [0.2, 0.25) is 0 Å². The molecule has 1 heterocycles. The lowest BCUT2D eigenvalue weighted by Crippen LogP contribution is -2.40. The minimum Gasteiger partial charge on any atom is -0.373 e. The second-order valence-electron chi connectivity index (χ2n) is 4.64. The summed E-state index contributed by atoms with van der Waals surface area (Å²) >= 11 is 0. The Bertz CT molecular complexity index is 403. The van der Waals surface area contributed by atoms with Crippen LogP contribution < -0.4 is 10.6 Å². The number of carbonyl (C=O) groups is 1. The molecular weight excluding hydrogens is 212 g/mol. The fourth-order valence-electron chi connectivity index (χ4n) is 2.29. The van der Waals surface area contributed by atoms with Crippen LogP contribution >= 0.6 is 0 Å². The molecule has 0 saturated carbocycles. The predicted molar refractivity (Wildman–Crippen MR) is 70.2 cm³/mol. The molecule has 0 aromatic heterocycles. The molecule has 2 rings (SSSR count). The number of carbonyl (C=O) groups excluding carboxylic acids is 1. The van der Waals surface area contributed by atoms with Crippen molar-refractivity contribution in [3.63, 3.8) is 0 Å². The van der Waals surface area contributed by atoms with Gasteiger partial charge in [0.15, 0.2) is 0 Å². The summed E-state index contributed by atoms with van der Waals surface area (Å²) in [4.78, 5) is 12.0. The molecule has 0 bridgehead atoms. The molecule has 1 amide bonds. The maximum atomic E-state index is 12.0. The van der Waals surface area contributed by atoms with Crippen LogP contribution in [0.25, 0.3) is 0 Å². The Morgan fingerprint density at radius 3 is 2.88 bits per heavy atom. The first-order valence-electron chi connectivity index (χ1n) is 6.37. The molecule has 17 heavy (non-hydrogen) atoms. The van der Waals surface area contributed by atoms with E-state index in [1.807, 2.05) is 18.2 Å². The standard InChI is InChI=1S/C14H20N2O/c1-3-4-9-15-14(17)13-10(2)11-7-5-6-8-12(11)16-13/h5-8,10,13,16H,3-4,9H2,1-2H3,(H,15,17)/t10-,13-/m1/s1. The van der Waals surface area contributed by atoms with Crippen LogP contribution in [0.3, 0.4) is 0 Å². The highest BCUT2D eigenvalue weighted by molar-refractivity contribution is 5.88. The van der Waals surface area contributed by atoms with Gasteiger partial charge >= 0.3 is 0 Å². The van der Waals surface area contributed by atoms with Gasteiger partial charge in [-0.15, -0.1) is 0 Å². The van der Waals surface area contributed by atoms with Gasteiger partial charge in [-0.25, -0.2) is 0 Å². The highest BCUT2D eigenvalue weighted by Gasteiger charge is 2.33. The molecule has 1 aromatic rings. The number of para-hydroxylation sites is 1. The fourth-order valence-corrected chi connectivity index (χ4v) is 2.29. The molecule has 0 radical (unpaired) electrons. The summed E-state index contributed by atoms with van der Waals surface area (Å²) in [6.07, 6.45) is 2.15. The molecule has 0 fully saturated rings. The molecule has 0 unspecified atom stereocenters. The van der Waals surface area contributed by atoms with Crippen molar-refractivity contribution in [2.45, 2.75) is 38.6 Å². The van der Waals surface area contributed by atoms with Crippen molar-refractivity contribution in [3.05, 3.63) is 29.8 Å². The Balaban J connectivity index is 1.99. The molecule has 2 N–H and O–H groups in total. The van der Waals surface area contributed by atoms with E-state index in [1.165, 1.54) is 5.56 Å². The second-order valence-corrected chi connectivity index (χ2v) is 4.64. The maximum Gasteiger partial charge on any atom is 0.243 e. The van der Waals surface area contributed by atoms with Gasteiger partial charge in [-0.1, -0.05) is 38.5 Å². The number of hydrogen-bond acceptors (Lipinski definition) is 2. The zero-order chi connectivity index (χ0) is 12.3. The van der Waals surface area contributed by atoms with Crippen molar-refractivity contribution in [1.82, 2.24) is 5.32 Å². The first-order chi connectivity index (χ1) is 8.24. The lowest BCUT2D eigenvalue weighted by Gasteiger charge is -2.16. The van der Waals surface area contributed by atoms with Gasteiger partial charge in [0.05, 0.1) is 0 Å². The van der Waals surface area contributed by atoms with Crippen LogP contribution in [0.4, 0.5) is 5.69 Å². The highest BCUT2D eigenvalue weighted by Crippen LogP contribution is 2.35. The quantitative estimate of drug-likeness (QED) is 0.783. The van der Waals surface area contributed by atoms with E-state index < -0.39 is 0 Å². The fraction of sp³-hybridized carbons (Fsp3) is 0.500. The lowest BCUT2D eigenvalue weighted by atomic mass is 9.97. The van der Waals surface area contributed by atoms with E-state index in [0.29, 0.717) is 0 Å². The summed E-state index contributed by atoms with van der Waals surface area (Å²) in [5.74, 6) is 0.356. The average Bonchev–Trinajstić information content (AvgIpc) is 2.68. The van der Waals surface area contributed by atoms with Crippen molar-refractivity contribution in [2.75, 3.05) is 11.9 Å². The van der Waals surface area contributed by atoms with E-state index in [1.54, 1.807) is 0 Å². The molecular formula is C14H20N2O. The molecule has 1 aromatic carbocycles. The van der Waals surface area contributed by atoms with E-state index in [4.69, 9.17) is 0 Å². The summed E-state index contributed by atoms with van der Waals surface area (Å²) in [5, 5.41) is 6.29. The monoisotopic (exact) mass is 232 g/mol. The number of fused-ring (bicyclic) bond motifs is 1. The van der Waals surface area contributed by atoms with Gasteiger partial charge in [0.2, 0.25) is 5.91 Å². The van der Waals surface area contributed by atoms with E-state index in [2.05, 4.69) is 30.5 Å². The normalized spacial score (nSPS) is 21.8. The topological polar surface area (TPSA) is 41.1 Å². The highest BCUT2D eigenvalue weighted by atomic mass is 16.2. The van der Waals surface area contributed by atoms with Crippen LogP contribution in [-0.4, -0.2) is 18.5 Å². The van der Waals surface area contributed by atoms with Gasteiger partial charge in [-0.3, -0.25) is 4.79 Å². The van der Waals surface area contributed by atoms with Gasteiger partial charge in [-0.05, 0) is 18.1 Å². The van der Waals surface area contributed by atoms with Crippen LogP contribution in [0.15, 0.2) is 24.3 Å². The van der Waals surface area contributed by atoms with E-state index in [0.717, 1.165) is 25.1 Å². The molecule has 0 aliphatic carbocycles. The second kappa shape index (κ2) is 5.21. The Labute approximate surface area is 103 Å². The number of benzene rings is 1. The number of hydrogen-bond donors (Lipinski definition) is 2. The van der Waals surface area contributed by atoms with E-state index >= 15 is 0 Å². The minimum absolute atomic E-state index is 0.113. The van der Waals surface area contributed by atoms with Crippen molar-refractivity contribution in [2.24, 2.45) is 0 Å².